The van der Waals surface area contributed by atoms with Gasteiger partial charge in [-0.3, -0.25) is 4.79 Å². The highest BCUT2D eigenvalue weighted by Crippen LogP contribution is 2.34. The Balaban J connectivity index is 1.48. The number of carbonyl (C=O) groups is 2. The van der Waals surface area contributed by atoms with E-state index < -0.39 is 11.8 Å². The Morgan fingerprint density at radius 3 is 2.24 bits per heavy atom. The molecule has 34 heavy (non-hydrogen) atoms. The highest BCUT2D eigenvalue weighted by atomic mass is 19.1. The van der Waals surface area contributed by atoms with Gasteiger partial charge in [0.1, 0.15) is 5.75 Å². The third-order valence-electron chi connectivity index (χ3n) is 5.68. The lowest BCUT2D eigenvalue weighted by Gasteiger charge is -2.23. The van der Waals surface area contributed by atoms with E-state index in [0.717, 1.165) is 18.4 Å². The van der Waals surface area contributed by atoms with E-state index in [0.29, 0.717) is 35.9 Å². The molecule has 0 radical (unpaired) electrons. The summed E-state index contributed by atoms with van der Waals surface area (Å²) < 4.78 is 29.7. The van der Waals surface area contributed by atoms with Crippen LogP contribution in [0.25, 0.3) is 0 Å². The highest BCUT2D eigenvalue weighted by Gasteiger charge is 2.27. The molecule has 7 heteroatoms. The molecule has 3 aromatic rings. The summed E-state index contributed by atoms with van der Waals surface area (Å²) in [6, 6.07) is 18.1. The second-order valence-corrected chi connectivity index (χ2v) is 8.22. The van der Waals surface area contributed by atoms with Gasteiger partial charge in [-0.25, -0.2) is 9.18 Å². The number of halogens is 1. The lowest BCUT2D eigenvalue weighted by atomic mass is 10.1. The van der Waals surface area contributed by atoms with Crippen LogP contribution in [0.4, 0.5) is 4.39 Å². The summed E-state index contributed by atoms with van der Waals surface area (Å²) in [5.74, 6) is 0.158. The van der Waals surface area contributed by atoms with Crippen LogP contribution < -0.4 is 9.47 Å². The SMILES string of the molecule is COC(=O)c1ccc(CN(CC2CC2)C(=O)c2ccc(Oc3c(F)cccc3OC)cc2)cc1. The van der Waals surface area contributed by atoms with E-state index in [4.69, 9.17) is 14.2 Å². The quantitative estimate of drug-likeness (QED) is 0.394. The molecule has 6 nitrogen and oxygen atoms in total. The number of esters is 1. The van der Waals surface area contributed by atoms with E-state index in [2.05, 4.69) is 0 Å². The van der Waals surface area contributed by atoms with E-state index in [9.17, 15) is 14.0 Å². The molecule has 1 saturated carbocycles. The van der Waals surface area contributed by atoms with Crippen LogP contribution in [-0.2, 0) is 11.3 Å². The molecule has 1 amide bonds. The first-order valence-electron chi connectivity index (χ1n) is 11.1. The summed E-state index contributed by atoms with van der Waals surface area (Å²) in [5, 5.41) is 0. The first-order valence-corrected chi connectivity index (χ1v) is 11.1. The van der Waals surface area contributed by atoms with E-state index in [1.165, 1.54) is 20.3 Å². The average Bonchev–Trinajstić information content (AvgIpc) is 3.69. The maximum atomic E-state index is 14.2. The number of benzene rings is 3. The number of nitrogens with zero attached hydrogens (tertiary/aromatic N) is 1. The number of hydrogen-bond donors (Lipinski definition) is 0. The van der Waals surface area contributed by atoms with E-state index >= 15 is 0 Å². The topological polar surface area (TPSA) is 65.1 Å². The van der Waals surface area contributed by atoms with Crippen molar-refractivity contribution in [3.63, 3.8) is 0 Å². The van der Waals surface area contributed by atoms with Crippen molar-refractivity contribution in [3.8, 4) is 17.2 Å². The Bertz CT molecular complexity index is 1160. The first kappa shape index (κ1) is 23.3. The van der Waals surface area contributed by atoms with Gasteiger partial charge in [0.25, 0.3) is 5.91 Å². The molecule has 0 heterocycles. The molecular weight excluding hydrogens is 437 g/mol. The molecule has 176 valence electrons. The summed E-state index contributed by atoms with van der Waals surface area (Å²) in [6.07, 6.45) is 2.23. The zero-order valence-corrected chi connectivity index (χ0v) is 19.1. The molecule has 0 saturated heterocycles. The summed E-state index contributed by atoms with van der Waals surface area (Å²) in [5.41, 5.74) is 1.90. The monoisotopic (exact) mass is 463 g/mol. The normalized spacial score (nSPS) is 12.7. The molecule has 0 aromatic heterocycles. The number of methoxy groups -OCH3 is 2. The molecule has 1 aliphatic carbocycles. The second kappa shape index (κ2) is 10.4. The molecule has 1 aliphatic rings. The minimum atomic E-state index is -0.534. The van der Waals surface area contributed by atoms with Gasteiger partial charge in [-0.15, -0.1) is 0 Å². The molecule has 3 aromatic carbocycles. The number of para-hydroxylation sites is 1. The van der Waals surface area contributed by atoms with Crippen molar-refractivity contribution < 1.29 is 28.2 Å². The van der Waals surface area contributed by atoms with Crippen molar-refractivity contribution in [1.82, 2.24) is 4.90 Å². The largest absolute Gasteiger partial charge is 0.493 e. The smallest absolute Gasteiger partial charge is 0.337 e. The van der Waals surface area contributed by atoms with Crippen molar-refractivity contribution >= 4 is 11.9 Å². The molecule has 0 N–H and O–H groups in total. The van der Waals surface area contributed by atoms with Gasteiger partial charge in [0.2, 0.25) is 5.75 Å². The molecule has 0 atom stereocenters. The minimum absolute atomic E-state index is 0.00478. The predicted octanol–water partition coefficient (Wildman–Crippen LogP) is 5.47. The summed E-state index contributed by atoms with van der Waals surface area (Å²) in [4.78, 5) is 26.8. The lowest BCUT2D eigenvalue weighted by molar-refractivity contribution is 0.0600. The highest BCUT2D eigenvalue weighted by molar-refractivity contribution is 5.94. The predicted molar refractivity (Wildman–Crippen MR) is 125 cm³/mol. The van der Waals surface area contributed by atoms with Gasteiger partial charge in [0.05, 0.1) is 19.8 Å². The number of carbonyl (C=O) groups excluding carboxylic acids is 2. The number of amides is 1. The minimum Gasteiger partial charge on any atom is -0.493 e. The molecule has 0 bridgehead atoms. The van der Waals surface area contributed by atoms with Gasteiger partial charge in [0.15, 0.2) is 11.6 Å². The maximum Gasteiger partial charge on any atom is 0.337 e. The summed E-state index contributed by atoms with van der Waals surface area (Å²) in [6.45, 7) is 1.10. The van der Waals surface area contributed by atoms with Gasteiger partial charge in [-0.1, -0.05) is 18.2 Å². The van der Waals surface area contributed by atoms with Crippen LogP contribution in [-0.4, -0.2) is 37.5 Å². The van der Waals surface area contributed by atoms with Crippen LogP contribution >= 0.6 is 0 Å². The third-order valence-corrected chi connectivity index (χ3v) is 5.68. The molecule has 0 unspecified atom stereocenters. The standard InChI is InChI=1S/C27H26FNO5/c1-32-24-5-3-4-23(28)25(24)34-22-14-12-20(13-15-22)26(30)29(16-18-6-7-18)17-19-8-10-21(11-9-19)27(31)33-2/h3-5,8-15,18H,6-7,16-17H2,1-2H3. The van der Waals surface area contributed by atoms with Crippen molar-refractivity contribution in [2.45, 2.75) is 19.4 Å². The van der Waals surface area contributed by atoms with Crippen LogP contribution in [0.5, 0.6) is 17.2 Å². The molecule has 1 fully saturated rings. The van der Waals surface area contributed by atoms with Crippen LogP contribution in [0.3, 0.4) is 0 Å². The summed E-state index contributed by atoms with van der Waals surface area (Å²) in [7, 11) is 2.79. The Hall–Kier alpha value is -3.87. The average molecular weight is 464 g/mol. The van der Waals surface area contributed by atoms with Gasteiger partial charge in [-0.05, 0) is 72.9 Å². The van der Waals surface area contributed by atoms with Crippen LogP contribution in [0.2, 0.25) is 0 Å². The van der Waals surface area contributed by atoms with Gasteiger partial charge in [-0.2, -0.15) is 0 Å². The number of hydrogen-bond acceptors (Lipinski definition) is 5. The fourth-order valence-electron chi connectivity index (χ4n) is 3.63. The van der Waals surface area contributed by atoms with Crippen LogP contribution in [0, 0.1) is 11.7 Å². The Morgan fingerprint density at radius 2 is 1.62 bits per heavy atom. The maximum absolute atomic E-state index is 14.2. The molecule has 4 rings (SSSR count). The van der Waals surface area contributed by atoms with Crippen molar-refractivity contribution in [1.29, 1.82) is 0 Å². The molecular formula is C27H26FNO5. The van der Waals surface area contributed by atoms with Gasteiger partial charge in [0, 0.05) is 18.7 Å². The van der Waals surface area contributed by atoms with Crippen molar-refractivity contribution in [2.75, 3.05) is 20.8 Å². The van der Waals surface area contributed by atoms with Crippen LogP contribution in [0.1, 0.15) is 39.1 Å². The molecule has 0 aliphatic heterocycles. The van der Waals surface area contributed by atoms with Crippen molar-refractivity contribution in [2.24, 2.45) is 5.92 Å². The van der Waals surface area contributed by atoms with E-state index in [-0.39, 0.29) is 17.4 Å². The summed E-state index contributed by atoms with van der Waals surface area (Å²) >= 11 is 0. The van der Waals surface area contributed by atoms with E-state index in [1.807, 2.05) is 17.0 Å². The van der Waals surface area contributed by atoms with Gasteiger partial charge < -0.3 is 19.1 Å². The Labute approximate surface area is 197 Å². The fourth-order valence-corrected chi connectivity index (χ4v) is 3.63. The lowest BCUT2D eigenvalue weighted by Crippen LogP contribution is -2.32. The number of ether oxygens (including phenoxy) is 3. The Morgan fingerprint density at radius 1 is 0.941 bits per heavy atom. The Kier molecular flexibility index (Phi) is 7.11. The fraction of sp³-hybridized carbons (Fsp3) is 0.259. The first-order chi connectivity index (χ1) is 16.5. The molecule has 0 spiro atoms. The van der Waals surface area contributed by atoms with Crippen LogP contribution in [0.15, 0.2) is 66.7 Å². The van der Waals surface area contributed by atoms with Crippen molar-refractivity contribution in [3.05, 3.63) is 89.2 Å². The zero-order valence-electron chi connectivity index (χ0n) is 19.1. The third kappa shape index (κ3) is 5.54. The number of rotatable bonds is 9. The van der Waals surface area contributed by atoms with Gasteiger partial charge >= 0.3 is 5.97 Å². The zero-order chi connectivity index (χ0) is 24.1. The van der Waals surface area contributed by atoms with E-state index in [1.54, 1.807) is 48.5 Å². The second-order valence-electron chi connectivity index (χ2n) is 8.22.